The highest BCUT2D eigenvalue weighted by atomic mass is 79.9. The lowest BCUT2D eigenvalue weighted by Gasteiger charge is -2.25. The second-order valence-electron chi connectivity index (χ2n) is 22.3. The summed E-state index contributed by atoms with van der Waals surface area (Å²) >= 11 is 3.32. The predicted molar refractivity (Wildman–Crippen MR) is 328 cm³/mol. The van der Waals surface area contributed by atoms with Crippen LogP contribution in [-0.2, 0) is 66.9 Å². The molecule has 0 bridgehead atoms. The van der Waals surface area contributed by atoms with Gasteiger partial charge in [0.05, 0.1) is 43.8 Å². The fourth-order valence-electron chi connectivity index (χ4n) is 8.63. The Morgan fingerprint density at radius 3 is 1.18 bits per heavy atom. The average molecular weight is 1330 g/mol. The van der Waals surface area contributed by atoms with Crippen LogP contribution in [0.3, 0.4) is 0 Å². The Bertz CT molecular complexity index is 3700. The largest absolute Gasteiger partial charge is 0.508 e. The van der Waals surface area contributed by atoms with Gasteiger partial charge in [-0.15, -0.1) is 0 Å². The highest BCUT2D eigenvalue weighted by molar-refractivity contribution is 9.10. The van der Waals surface area contributed by atoms with Crippen LogP contribution in [0.5, 0.6) is 23.0 Å². The van der Waals surface area contributed by atoms with E-state index < -0.39 is 89.1 Å². The number of ether oxygens (including phenoxy) is 5. The fraction of sp³-hybridized carbons (Fsp3) is 0.269. The van der Waals surface area contributed by atoms with E-state index in [2.05, 4.69) is 26.6 Å². The minimum absolute atomic E-state index is 0.000895. The molecule has 7 rings (SSSR count). The first-order chi connectivity index (χ1) is 42.6. The van der Waals surface area contributed by atoms with Crippen LogP contribution in [0.2, 0.25) is 0 Å². The van der Waals surface area contributed by atoms with E-state index in [1.165, 1.54) is 109 Å². The number of carbonyl (C=O) groups is 7. The number of methoxy groups -OCH3 is 2. The third-order valence-corrected chi connectivity index (χ3v) is 13.3. The zero-order chi connectivity index (χ0) is 67.0. The van der Waals surface area contributed by atoms with Crippen LogP contribution >= 0.6 is 15.9 Å². The molecule has 91 heavy (non-hydrogen) atoms. The first-order valence-corrected chi connectivity index (χ1v) is 28.6. The van der Waals surface area contributed by atoms with E-state index in [0.717, 1.165) is 16.6 Å². The smallest absolute Gasteiger partial charge is 0.416 e. The van der Waals surface area contributed by atoms with E-state index in [1.54, 1.807) is 102 Å². The lowest BCUT2D eigenvalue weighted by molar-refractivity contribution is -0.156. The van der Waals surface area contributed by atoms with Crippen molar-refractivity contribution in [3.05, 3.63) is 212 Å². The highest BCUT2D eigenvalue weighted by Gasteiger charge is 2.36. The molecule has 0 saturated carbocycles. The molecule has 0 aliphatic heterocycles. The summed E-state index contributed by atoms with van der Waals surface area (Å²) in [6, 6.07) is 37.5. The Morgan fingerprint density at radius 1 is 0.473 bits per heavy atom. The van der Waals surface area contributed by atoms with Crippen molar-refractivity contribution in [1.29, 1.82) is 0 Å². The van der Waals surface area contributed by atoms with E-state index in [9.17, 15) is 65.0 Å². The van der Waals surface area contributed by atoms with Gasteiger partial charge in [-0.05, 0) is 185 Å². The van der Waals surface area contributed by atoms with Crippen LogP contribution in [0.25, 0.3) is 0 Å². The molecule has 0 atom stereocenters. The summed E-state index contributed by atoms with van der Waals surface area (Å²) in [5.74, 6) is -3.80. The second-order valence-corrected chi connectivity index (χ2v) is 23.3. The average Bonchev–Trinajstić information content (AvgIpc) is 1.36. The molecule has 0 aliphatic rings. The Labute approximate surface area is 529 Å². The standard InChI is InChI=1S/C37H34BrF3N2O7.C30H31F3N2O6/c1-36(2,3)50-33(45)22-43(21-23-5-16-29(17-6-23)49-35(47)25-7-12-27(38)13-8-25)34(46)24-9-14-28(15-10-24)42-32(44)19-26-11-18-30(48-4)20-31(26)37(39,40)41;1-29(2,3)41-27(38)18-35(17-19-5-12-23(36)13-6-19)28(39)20-7-10-22(11-8-20)34-26(37)15-21-9-14-24(40-4)16-25(21)30(31,32)33/h5-18,20H,19,21-22H2,1-4H3,(H,42,44);5-14,16,36H,15,17-18H2,1-4H3,(H,34,37). The van der Waals surface area contributed by atoms with E-state index in [4.69, 9.17) is 23.7 Å². The number of alkyl halides is 6. The Morgan fingerprint density at radius 2 is 0.824 bits per heavy atom. The zero-order valence-electron chi connectivity index (χ0n) is 50.6. The van der Waals surface area contributed by atoms with Crippen molar-refractivity contribution >= 4 is 68.8 Å². The van der Waals surface area contributed by atoms with Gasteiger partial charge >= 0.3 is 30.3 Å². The molecule has 24 heteroatoms. The minimum atomic E-state index is -4.69. The van der Waals surface area contributed by atoms with E-state index in [0.29, 0.717) is 16.7 Å². The van der Waals surface area contributed by atoms with Gasteiger partial charge in [0.15, 0.2) is 0 Å². The number of hydrogen-bond acceptors (Lipinski definition) is 13. The number of halogens is 7. The monoisotopic (exact) mass is 1330 g/mol. The quantitative estimate of drug-likeness (QED) is 0.0368. The van der Waals surface area contributed by atoms with E-state index in [-0.39, 0.29) is 82.8 Å². The van der Waals surface area contributed by atoms with Crippen LogP contribution in [-0.4, -0.2) is 95.0 Å². The van der Waals surface area contributed by atoms with Crippen LogP contribution in [0.15, 0.2) is 162 Å². The number of aromatic hydroxyl groups is 1. The Kier molecular flexibility index (Phi) is 23.7. The zero-order valence-corrected chi connectivity index (χ0v) is 52.2. The molecule has 3 N–H and O–H groups in total. The molecule has 0 saturated heterocycles. The fourth-order valence-corrected chi connectivity index (χ4v) is 8.89. The van der Waals surface area contributed by atoms with Crippen molar-refractivity contribution in [2.24, 2.45) is 0 Å². The summed E-state index contributed by atoms with van der Waals surface area (Å²) in [5.41, 5.74) is -1.36. The van der Waals surface area contributed by atoms with Crippen LogP contribution in [0.1, 0.15) is 106 Å². The number of anilines is 2. The van der Waals surface area contributed by atoms with Crippen molar-refractivity contribution in [1.82, 2.24) is 9.80 Å². The second kappa shape index (κ2) is 30.7. The third kappa shape index (κ3) is 22.4. The molecule has 0 spiro atoms. The lowest BCUT2D eigenvalue weighted by Crippen LogP contribution is -2.38. The summed E-state index contributed by atoms with van der Waals surface area (Å²) in [6.07, 6.45) is -10.4. The molecular formula is C67H65BrF6N4O13. The number of phenolic OH excluding ortho intramolecular Hbond substituents is 1. The summed E-state index contributed by atoms with van der Waals surface area (Å²) in [5, 5.41) is 14.6. The molecule has 0 fully saturated rings. The summed E-state index contributed by atoms with van der Waals surface area (Å²) in [4.78, 5) is 92.6. The molecule has 7 aromatic rings. The Hall–Kier alpha value is -9.71. The number of amides is 4. The number of rotatable bonds is 20. The Balaban J connectivity index is 0.000000295. The van der Waals surface area contributed by atoms with E-state index >= 15 is 0 Å². The van der Waals surface area contributed by atoms with Gasteiger partial charge in [-0.2, -0.15) is 26.3 Å². The molecule has 480 valence electrons. The maximum Gasteiger partial charge on any atom is 0.416 e. The van der Waals surface area contributed by atoms with Crippen molar-refractivity contribution in [2.75, 3.05) is 37.9 Å². The van der Waals surface area contributed by atoms with Gasteiger partial charge in [0.1, 0.15) is 47.3 Å². The number of benzene rings is 7. The molecule has 17 nitrogen and oxygen atoms in total. The van der Waals surface area contributed by atoms with Crippen molar-refractivity contribution in [2.45, 2.75) is 91.0 Å². The van der Waals surface area contributed by atoms with E-state index in [1.807, 2.05) is 0 Å². The van der Waals surface area contributed by atoms with Crippen LogP contribution in [0, 0.1) is 0 Å². The summed E-state index contributed by atoms with van der Waals surface area (Å²) < 4.78 is 108. The van der Waals surface area contributed by atoms with Gasteiger partial charge < -0.3 is 49.2 Å². The number of nitrogens with zero attached hydrogens (tertiary/aromatic N) is 2. The van der Waals surface area contributed by atoms with Crippen molar-refractivity contribution in [3.8, 4) is 23.0 Å². The molecule has 4 amide bonds. The maximum atomic E-state index is 13.6. The van der Waals surface area contributed by atoms with Gasteiger partial charge in [0.25, 0.3) is 11.8 Å². The minimum Gasteiger partial charge on any atom is -0.508 e. The van der Waals surface area contributed by atoms with Crippen molar-refractivity contribution < 1.29 is 88.7 Å². The van der Waals surface area contributed by atoms with Gasteiger partial charge in [-0.1, -0.05) is 52.3 Å². The van der Waals surface area contributed by atoms with Gasteiger partial charge in [-0.3, -0.25) is 28.8 Å². The van der Waals surface area contributed by atoms with Gasteiger partial charge in [0.2, 0.25) is 11.8 Å². The number of nitrogens with one attached hydrogen (secondary N) is 2. The SMILES string of the molecule is COc1ccc(CC(=O)Nc2ccc(C(=O)N(CC(=O)OC(C)(C)C)Cc3ccc(O)cc3)cc2)c(C(F)(F)F)c1.COc1ccc(CC(=O)Nc2ccc(C(=O)N(CC(=O)OC(C)(C)C)Cc3ccc(OC(=O)c4ccc(Br)cc4)cc3)cc2)c(C(F)(F)F)c1. The number of carbonyl (C=O) groups excluding carboxylic acids is 7. The number of phenols is 1. The summed E-state index contributed by atoms with van der Waals surface area (Å²) in [7, 11) is 2.50. The van der Waals surface area contributed by atoms with Gasteiger partial charge in [0, 0.05) is 40.1 Å². The van der Waals surface area contributed by atoms with Crippen molar-refractivity contribution in [3.63, 3.8) is 0 Å². The van der Waals surface area contributed by atoms with Crippen LogP contribution < -0.4 is 24.8 Å². The highest BCUT2D eigenvalue weighted by Crippen LogP contribution is 2.36. The third-order valence-electron chi connectivity index (χ3n) is 12.7. The topological polar surface area (TPSA) is 216 Å². The number of hydrogen-bond donors (Lipinski definition) is 3. The molecule has 0 heterocycles. The first-order valence-electron chi connectivity index (χ1n) is 27.8. The predicted octanol–water partition coefficient (Wildman–Crippen LogP) is 13.4. The molecule has 0 unspecified atom stereocenters. The number of esters is 3. The van der Waals surface area contributed by atoms with Crippen LogP contribution in [0.4, 0.5) is 37.7 Å². The molecule has 0 radical (unpaired) electrons. The molecule has 0 aliphatic carbocycles. The lowest BCUT2D eigenvalue weighted by atomic mass is 10.0. The summed E-state index contributed by atoms with van der Waals surface area (Å²) in [6.45, 7) is 9.59. The molecule has 7 aromatic carbocycles. The molecule has 0 aromatic heterocycles. The van der Waals surface area contributed by atoms with Gasteiger partial charge in [-0.25, -0.2) is 4.79 Å². The molecular weight excluding hydrogens is 1260 g/mol. The first kappa shape index (κ1) is 70.4. The normalized spacial score (nSPS) is 11.4. The maximum absolute atomic E-state index is 13.6.